The van der Waals surface area contributed by atoms with E-state index in [1.807, 2.05) is 33.0 Å². The van der Waals surface area contributed by atoms with Crippen molar-refractivity contribution in [1.29, 1.82) is 0 Å². The molecule has 1 aromatic rings. The highest BCUT2D eigenvalue weighted by atomic mass is 16.5. The number of hydrogen-bond donors (Lipinski definition) is 1. The minimum atomic E-state index is -0.461. The van der Waals surface area contributed by atoms with E-state index in [0.717, 1.165) is 25.1 Å². The zero-order chi connectivity index (χ0) is 14.3. The third-order valence-electron chi connectivity index (χ3n) is 3.67. The minimum absolute atomic E-state index is 0.0768. The molecule has 19 heavy (non-hydrogen) atoms. The van der Waals surface area contributed by atoms with Crippen molar-refractivity contribution in [3.8, 4) is 0 Å². The van der Waals surface area contributed by atoms with E-state index in [1.54, 1.807) is 0 Å². The quantitative estimate of drug-likeness (QED) is 0.733. The van der Waals surface area contributed by atoms with Crippen molar-refractivity contribution < 1.29 is 9.84 Å². The van der Waals surface area contributed by atoms with Crippen LogP contribution < -0.4 is 0 Å². The van der Waals surface area contributed by atoms with E-state index in [4.69, 9.17) is 4.74 Å². The molecule has 0 spiro atoms. The summed E-state index contributed by atoms with van der Waals surface area (Å²) in [6, 6.07) is 8.30. The zero-order valence-corrected chi connectivity index (χ0v) is 12.6. The zero-order valence-electron chi connectivity index (χ0n) is 12.6. The summed E-state index contributed by atoms with van der Waals surface area (Å²) in [5.74, 6) is 0. The molecule has 0 bridgehead atoms. The second-order valence-electron chi connectivity index (χ2n) is 4.96. The van der Waals surface area contributed by atoms with Gasteiger partial charge in [0.15, 0.2) is 0 Å². The van der Waals surface area contributed by atoms with Crippen LogP contribution in [0.2, 0.25) is 0 Å². The molecule has 3 nitrogen and oxygen atoms in total. The largest absolute Gasteiger partial charge is 0.387 e. The van der Waals surface area contributed by atoms with E-state index in [0.29, 0.717) is 6.61 Å². The molecule has 1 N–H and O–H groups in total. The molecule has 2 atom stereocenters. The second kappa shape index (κ2) is 8.31. The maximum absolute atomic E-state index is 10.4. The number of benzene rings is 1. The highest BCUT2D eigenvalue weighted by Crippen LogP contribution is 2.20. The third-order valence-corrected chi connectivity index (χ3v) is 3.67. The Morgan fingerprint density at radius 1 is 1.21 bits per heavy atom. The molecule has 0 heterocycles. The second-order valence-corrected chi connectivity index (χ2v) is 4.96. The molecule has 0 saturated heterocycles. The first-order valence-corrected chi connectivity index (χ1v) is 7.15. The molecule has 0 aliphatic carbocycles. The summed E-state index contributed by atoms with van der Waals surface area (Å²) >= 11 is 0. The van der Waals surface area contributed by atoms with E-state index < -0.39 is 6.10 Å². The summed E-state index contributed by atoms with van der Waals surface area (Å²) in [5, 5.41) is 10.4. The van der Waals surface area contributed by atoms with Gasteiger partial charge in [0, 0.05) is 19.2 Å². The number of aliphatic hydroxyl groups is 1. The van der Waals surface area contributed by atoms with Crippen LogP contribution in [0, 0.1) is 0 Å². The predicted molar refractivity (Wildman–Crippen MR) is 79.4 cm³/mol. The van der Waals surface area contributed by atoms with Gasteiger partial charge < -0.3 is 9.84 Å². The molecule has 2 unspecified atom stereocenters. The Morgan fingerprint density at radius 3 is 2.37 bits per heavy atom. The molecule has 0 amide bonds. The van der Waals surface area contributed by atoms with Crippen molar-refractivity contribution in [3.63, 3.8) is 0 Å². The summed E-state index contributed by atoms with van der Waals surface area (Å²) in [7, 11) is 2.02. The number of aliphatic hydroxyl groups excluding tert-OH is 1. The van der Waals surface area contributed by atoms with Crippen molar-refractivity contribution in [2.45, 2.75) is 39.3 Å². The van der Waals surface area contributed by atoms with Crippen molar-refractivity contribution in [1.82, 2.24) is 4.90 Å². The Bertz CT molecular complexity index is 350. The van der Waals surface area contributed by atoms with Gasteiger partial charge >= 0.3 is 0 Å². The average molecular weight is 265 g/mol. The summed E-state index contributed by atoms with van der Waals surface area (Å²) in [6.45, 7) is 8.45. The summed E-state index contributed by atoms with van der Waals surface area (Å²) in [5.41, 5.74) is 2.28. The first-order valence-electron chi connectivity index (χ1n) is 7.15. The Balaban J connectivity index is 2.56. The van der Waals surface area contributed by atoms with Crippen LogP contribution >= 0.6 is 0 Å². The number of hydrogen-bond acceptors (Lipinski definition) is 3. The highest BCUT2D eigenvalue weighted by molar-refractivity contribution is 5.24. The van der Waals surface area contributed by atoms with Gasteiger partial charge in [0.05, 0.1) is 12.7 Å². The Morgan fingerprint density at radius 2 is 1.84 bits per heavy atom. The molecular weight excluding hydrogens is 238 g/mol. The van der Waals surface area contributed by atoms with Crippen LogP contribution in [0.4, 0.5) is 0 Å². The van der Waals surface area contributed by atoms with Gasteiger partial charge in [-0.2, -0.15) is 0 Å². The number of nitrogens with zero attached hydrogens (tertiary/aromatic N) is 1. The SMILES string of the molecule is CCOCCN(C)C(C)C(O)c1ccc(CC)cc1. The maximum atomic E-state index is 10.4. The van der Waals surface area contributed by atoms with Gasteiger partial charge in [-0.1, -0.05) is 31.2 Å². The lowest BCUT2D eigenvalue weighted by atomic mass is 10.0. The summed E-state index contributed by atoms with van der Waals surface area (Å²) in [4.78, 5) is 2.13. The number of likely N-dealkylation sites (N-methyl/N-ethyl adjacent to an activating group) is 1. The highest BCUT2D eigenvalue weighted by Gasteiger charge is 2.20. The average Bonchev–Trinajstić information content (AvgIpc) is 2.46. The lowest BCUT2D eigenvalue weighted by molar-refractivity contribution is 0.0495. The molecule has 0 aliphatic rings. The van der Waals surface area contributed by atoms with E-state index in [9.17, 15) is 5.11 Å². The smallest absolute Gasteiger partial charge is 0.0942 e. The van der Waals surface area contributed by atoms with Crippen LogP contribution in [0.3, 0.4) is 0 Å². The van der Waals surface area contributed by atoms with Crippen LogP contribution in [0.25, 0.3) is 0 Å². The van der Waals surface area contributed by atoms with Gasteiger partial charge in [-0.3, -0.25) is 4.90 Å². The fraction of sp³-hybridized carbons (Fsp3) is 0.625. The Kier molecular flexibility index (Phi) is 7.06. The lowest BCUT2D eigenvalue weighted by Crippen LogP contribution is -2.36. The molecule has 0 fully saturated rings. The first-order chi connectivity index (χ1) is 9.10. The van der Waals surface area contributed by atoms with Gasteiger partial charge in [0.2, 0.25) is 0 Å². The molecule has 0 radical (unpaired) electrons. The standard InChI is InChI=1S/C16H27NO2/c1-5-14-7-9-15(10-8-14)16(18)13(3)17(4)11-12-19-6-2/h7-10,13,16,18H,5-6,11-12H2,1-4H3. The monoisotopic (exact) mass is 265 g/mol. The summed E-state index contributed by atoms with van der Waals surface area (Å²) in [6.07, 6.45) is 0.567. The minimum Gasteiger partial charge on any atom is -0.387 e. The molecule has 0 saturated carbocycles. The molecule has 0 aromatic heterocycles. The lowest BCUT2D eigenvalue weighted by Gasteiger charge is -2.29. The predicted octanol–water partition coefficient (Wildman–Crippen LogP) is 2.64. The van der Waals surface area contributed by atoms with Crippen molar-refractivity contribution >= 4 is 0 Å². The van der Waals surface area contributed by atoms with Gasteiger partial charge in [-0.15, -0.1) is 0 Å². The fourth-order valence-corrected chi connectivity index (χ4v) is 2.03. The van der Waals surface area contributed by atoms with Crippen molar-refractivity contribution in [3.05, 3.63) is 35.4 Å². The maximum Gasteiger partial charge on any atom is 0.0942 e. The molecule has 1 rings (SSSR count). The molecular formula is C16H27NO2. The van der Waals surface area contributed by atoms with Gasteiger partial charge in [0.1, 0.15) is 0 Å². The van der Waals surface area contributed by atoms with E-state index in [1.165, 1.54) is 5.56 Å². The number of rotatable bonds is 8. The number of ether oxygens (including phenoxy) is 1. The fourth-order valence-electron chi connectivity index (χ4n) is 2.03. The van der Waals surface area contributed by atoms with Gasteiger partial charge in [-0.05, 0) is 38.4 Å². The normalized spacial score (nSPS) is 14.6. The topological polar surface area (TPSA) is 32.7 Å². The van der Waals surface area contributed by atoms with Crippen molar-refractivity contribution in [2.24, 2.45) is 0 Å². The number of aryl methyl sites for hydroxylation is 1. The first kappa shape index (κ1) is 16.2. The van der Waals surface area contributed by atoms with Crippen molar-refractivity contribution in [2.75, 3.05) is 26.8 Å². The van der Waals surface area contributed by atoms with Crippen LogP contribution in [0.5, 0.6) is 0 Å². The van der Waals surface area contributed by atoms with E-state index >= 15 is 0 Å². The molecule has 108 valence electrons. The van der Waals surface area contributed by atoms with Crippen LogP contribution in [0.15, 0.2) is 24.3 Å². The molecule has 3 heteroatoms. The van der Waals surface area contributed by atoms with E-state index in [2.05, 4.69) is 24.0 Å². The Labute approximate surface area is 117 Å². The third kappa shape index (κ3) is 4.94. The summed E-state index contributed by atoms with van der Waals surface area (Å²) < 4.78 is 5.35. The van der Waals surface area contributed by atoms with Gasteiger partial charge in [-0.25, -0.2) is 0 Å². The van der Waals surface area contributed by atoms with E-state index in [-0.39, 0.29) is 6.04 Å². The van der Waals surface area contributed by atoms with Crippen LogP contribution in [-0.2, 0) is 11.2 Å². The molecule has 1 aromatic carbocycles. The van der Waals surface area contributed by atoms with Gasteiger partial charge in [0.25, 0.3) is 0 Å². The van der Waals surface area contributed by atoms with Crippen LogP contribution in [-0.4, -0.2) is 42.9 Å². The van der Waals surface area contributed by atoms with Crippen LogP contribution in [0.1, 0.15) is 38.0 Å². The molecule has 0 aliphatic heterocycles. The Hall–Kier alpha value is -0.900.